The van der Waals surface area contributed by atoms with Crippen LogP contribution in [0.1, 0.15) is 90.2 Å². The molecule has 1 aromatic heterocycles. The van der Waals surface area contributed by atoms with Crippen LogP contribution in [0.2, 0.25) is 0 Å². The summed E-state index contributed by atoms with van der Waals surface area (Å²) in [6, 6.07) is 6.33. The molecule has 8 heteroatoms. The van der Waals surface area contributed by atoms with E-state index in [4.69, 9.17) is 14.5 Å². The minimum absolute atomic E-state index is 0.0503. The predicted molar refractivity (Wildman–Crippen MR) is 155 cm³/mol. The molecule has 2 aromatic rings. The zero-order chi connectivity index (χ0) is 29.0. The first-order valence-electron chi connectivity index (χ1n) is 14.5. The van der Waals surface area contributed by atoms with Gasteiger partial charge in [0.2, 0.25) is 5.91 Å². The minimum atomic E-state index is -0.546. The fourth-order valence-corrected chi connectivity index (χ4v) is 6.71. The van der Waals surface area contributed by atoms with E-state index in [1.807, 2.05) is 37.5 Å². The average Bonchev–Trinajstić information content (AvgIpc) is 3.21. The Bertz CT molecular complexity index is 1340. The van der Waals surface area contributed by atoms with Crippen molar-refractivity contribution >= 4 is 12.0 Å². The maximum Gasteiger partial charge on any atom is 0.410 e. The van der Waals surface area contributed by atoms with Gasteiger partial charge in [-0.05, 0) is 85.1 Å². The van der Waals surface area contributed by atoms with Gasteiger partial charge in [0.25, 0.3) is 0 Å². The van der Waals surface area contributed by atoms with Crippen molar-refractivity contribution in [2.45, 2.75) is 96.8 Å². The lowest BCUT2D eigenvalue weighted by molar-refractivity contribution is -0.130. The number of carbonyl (C=O) groups is 2. The molecule has 2 fully saturated rings. The Balaban J connectivity index is 1.49. The lowest BCUT2D eigenvalue weighted by Gasteiger charge is -2.46. The van der Waals surface area contributed by atoms with Gasteiger partial charge in [0, 0.05) is 56.5 Å². The molecule has 1 aromatic carbocycles. The second kappa shape index (κ2) is 9.96. The number of hydrogen-bond donors (Lipinski definition) is 0. The fraction of sp³-hybridized carbons (Fsp3) is 0.594. The van der Waals surface area contributed by atoms with Crippen molar-refractivity contribution in [2.75, 3.05) is 19.6 Å². The topological polar surface area (TPSA) is 76.9 Å². The number of ether oxygens (including phenoxy) is 2. The van der Waals surface area contributed by atoms with Gasteiger partial charge < -0.3 is 23.8 Å². The van der Waals surface area contributed by atoms with Crippen LogP contribution >= 0.6 is 0 Å². The average molecular weight is 549 g/mol. The quantitative estimate of drug-likeness (QED) is 0.426. The number of piperidine rings is 2. The summed E-state index contributed by atoms with van der Waals surface area (Å²) in [6.07, 6.45) is 6.19. The number of allylic oxidation sites excluding steroid dienone is 1. The Hall–Kier alpha value is -3.29. The van der Waals surface area contributed by atoms with Crippen molar-refractivity contribution < 1.29 is 19.1 Å². The lowest BCUT2D eigenvalue weighted by atomic mass is 9.82. The molecule has 4 heterocycles. The number of likely N-dealkylation sites (tertiary alicyclic amines) is 2. The van der Waals surface area contributed by atoms with Crippen molar-refractivity contribution in [3.63, 3.8) is 0 Å². The van der Waals surface area contributed by atoms with Gasteiger partial charge in [-0.15, -0.1) is 0 Å². The number of hydrogen-bond acceptors (Lipinski definition) is 5. The molecular formula is C32H44N4O4. The first-order valence-corrected chi connectivity index (χ1v) is 14.5. The number of fused-ring (bicyclic) bond motifs is 4. The molecule has 5 rings (SSSR count). The van der Waals surface area contributed by atoms with Crippen LogP contribution in [0, 0.1) is 6.92 Å². The van der Waals surface area contributed by atoms with Crippen molar-refractivity contribution in [2.24, 2.45) is 7.05 Å². The van der Waals surface area contributed by atoms with E-state index < -0.39 is 11.2 Å². The third kappa shape index (κ3) is 5.01. The van der Waals surface area contributed by atoms with Crippen LogP contribution in [0.3, 0.4) is 0 Å². The van der Waals surface area contributed by atoms with E-state index >= 15 is 0 Å². The monoisotopic (exact) mass is 548 g/mol. The molecule has 0 radical (unpaired) electrons. The number of carbonyl (C=O) groups excluding carboxylic acids is 2. The summed E-state index contributed by atoms with van der Waals surface area (Å²) < 4.78 is 14.9. The summed E-state index contributed by atoms with van der Waals surface area (Å²) in [5, 5.41) is 0. The molecule has 0 aliphatic carbocycles. The van der Waals surface area contributed by atoms with Crippen molar-refractivity contribution in [3.8, 4) is 17.0 Å². The molecule has 3 aliphatic heterocycles. The zero-order valence-electron chi connectivity index (χ0n) is 25.3. The molecule has 0 N–H and O–H groups in total. The van der Waals surface area contributed by atoms with E-state index in [1.165, 1.54) is 0 Å². The van der Waals surface area contributed by atoms with Gasteiger partial charge >= 0.3 is 6.09 Å². The van der Waals surface area contributed by atoms with Gasteiger partial charge in [0.05, 0.1) is 11.4 Å². The van der Waals surface area contributed by atoms with Gasteiger partial charge in [0.15, 0.2) is 5.60 Å². The summed E-state index contributed by atoms with van der Waals surface area (Å²) in [4.78, 5) is 34.7. The Morgan fingerprint density at radius 3 is 2.48 bits per heavy atom. The largest absolute Gasteiger partial charge is 0.480 e. The van der Waals surface area contributed by atoms with Crippen LogP contribution in [0.5, 0.6) is 5.75 Å². The summed E-state index contributed by atoms with van der Waals surface area (Å²) in [5.74, 6) is 2.14. The first kappa shape index (κ1) is 28.2. The number of imidazole rings is 1. The van der Waals surface area contributed by atoms with Crippen LogP contribution in [-0.4, -0.2) is 62.1 Å². The summed E-state index contributed by atoms with van der Waals surface area (Å²) in [6.45, 7) is 15.8. The van der Waals surface area contributed by atoms with Crippen LogP contribution in [0.4, 0.5) is 4.79 Å². The molecule has 216 valence electrons. The minimum Gasteiger partial charge on any atom is -0.480 e. The smallest absolute Gasteiger partial charge is 0.410 e. The van der Waals surface area contributed by atoms with Crippen LogP contribution in [0.15, 0.2) is 30.4 Å². The summed E-state index contributed by atoms with van der Waals surface area (Å²) in [5.41, 5.74) is 2.80. The molecule has 8 nitrogen and oxygen atoms in total. The van der Waals surface area contributed by atoms with Gasteiger partial charge in [-0.3, -0.25) is 4.79 Å². The van der Waals surface area contributed by atoms with Gasteiger partial charge in [-0.2, -0.15) is 0 Å². The Morgan fingerprint density at radius 1 is 1.15 bits per heavy atom. The van der Waals surface area contributed by atoms with E-state index in [1.54, 1.807) is 12.2 Å². The number of benzene rings is 1. The van der Waals surface area contributed by atoms with E-state index in [-0.39, 0.29) is 23.5 Å². The highest BCUT2D eigenvalue weighted by Gasteiger charge is 2.49. The molecule has 2 saturated heterocycles. The van der Waals surface area contributed by atoms with E-state index in [0.717, 1.165) is 46.9 Å². The molecule has 1 atom stereocenters. The maximum absolute atomic E-state index is 13.0. The zero-order valence-corrected chi connectivity index (χ0v) is 25.3. The van der Waals surface area contributed by atoms with Gasteiger partial charge in [0.1, 0.15) is 17.2 Å². The third-order valence-corrected chi connectivity index (χ3v) is 8.61. The van der Waals surface area contributed by atoms with Crippen LogP contribution in [-0.2, 0) is 22.2 Å². The lowest BCUT2D eigenvalue weighted by Crippen LogP contribution is -2.54. The standard InChI is InChI=1S/C32H44N4O4/c1-9-10-25(37)35-17-14-32(15-18-35)27-26(23-12-11-21(2)19-24(23)39-32)33-28(34(27)8)22-13-16-36(31(6,7)20-22)29(38)40-30(3,4)5/h9-12,19,22H,13-18,20H2,1-8H3/b10-9+/t22-/m1/s1. The van der Waals surface area contributed by atoms with Crippen LogP contribution in [0.25, 0.3) is 11.3 Å². The number of rotatable bonds is 2. The van der Waals surface area contributed by atoms with E-state index in [9.17, 15) is 9.59 Å². The maximum atomic E-state index is 13.0. The first-order chi connectivity index (χ1) is 18.7. The van der Waals surface area contributed by atoms with Gasteiger partial charge in [-0.1, -0.05) is 12.1 Å². The normalized spacial score (nSPS) is 21.6. The fourth-order valence-electron chi connectivity index (χ4n) is 6.71. The number of amides is 2. The van der Waals surface area contributed by atoms with E-state index in [0.29, 0.717) is 32.5 Å². The van der Waals surface area contributed by atoms with Gasteiger partial charge in [-0.25, -0.2) is 9.78 Å². The highest BCUT2D eigenvalue weighted by atomic mass is 16.6. The molecule has 0 saturated carbocycles. The highest BCUT2D eigenvalue weighted by Crippen LogP contribution is 2.51. The highest BCUT2D eigenvalue weighted by molar-refractivity contribution is 5.87. The molecule has 1 spiro atoms. The SMILES string of the molecule is C/C=C/C(=O)N1CCC2(CC1)Oc1cc(C)ccc1-c1nc([C@@H]3CCN(C(=O)OC(C)(C)C)C(C)(C)C3)n(C)c12. The Morgan fingerprint density at radius 2 is 1.85 bits per heavy atom. The summed E-state index contributed by atoms with van der Waals surface area (Å²) in [7, 11) is 2.11. The number of nitrogens with zero attached hydrogens (tertiary/aromatic N) is 4. The molecule has 3 aliphatic rings. The summed E-state index contributed by atoms with van der Waals surface area (Å²) >= 11 is 0. The van der Waals surface area contributed by atoms with Crippen molar-refractivity contribution in [1.82, 2.24) is 19.4 Å². The van der Waals surface area contributed by atoms with Crippen molar-refractivity contribution in [1.29, 1.82) is 0 Å². The number of aromatic nitrogens is 2. The molecular weight excluding hydrogens is 504 g/mol. The predicted octanol–water partition coefficient (Wildman–Crippen LogP) is 6.07. The van der Waals surface area contributed by atoms with Crippen LogP contribution < -0.4 is 4.74 Å². The molecule has 0 unspecified atom stereocenters. The third-order valence-electron chi connectivity index (χ3n) is 8.61. The second-order valence-corrected chi connectivity index (χ2v) is 13.3. The van der Waals surface area contributed by atoms with Crippen molar-refractivity contribution in [3.05, 3.63) is 47.4 Å². The van der Waals surface area contributed by atoms with E-state index in [2.05, 4.69) is 50.6 Å². The Kier molecular flexibility index (Phi) is 7.04. The molecule has 2 amide bonds. The number of aryl methyl sites for hydroxylation is 1. The molecule has 40 heavy (non-hydrogen) atoms. The Labute approximate surface area is 238 Å². The second-order valence-electron chi connectivity index (χ2n) is 13.3. The molecule has 0 bridgehead atoms.